The molecule has 4 rings (SSSR count). The zero-order valence-electron chi connectivity index (χ0n) is 19.4. The molecule has 2 fully saturated rings. The maximum absolute atomic E-state index is 12.4. The van der Waals surface area contributed by atoms with Crippen LogP contribution in [-0.2, 0) is 32.2 Å². The number of aliphatic carboxylic acids is 2. The number of ether oxygens (including phenoxy) is 1. The van der Waals surface area contributed by atoms with Crippen LogP contribution in [0.1, 0.15) is 11.1 Å². The fourth-order valence-corrected chi connectivity index (χ4v) is 3.51. The molecule has 208 valence electrons. The highest BCUT2D eigenvalue weighted by Gasteiger charge is 2.43. The van der Waals surface area contributed by atoms with E-state index >= 15 is 0 Å². The first-order valence-electron chi connectivity index (χ1n) is 10.7. The standard InChI is InChI=1S/C18H20N4O2.2C2HF3O2/c23-18-13-24-17-12-21(9-15-2-1-5-20-8-15)11-16(17)22(18)10-14-3-6-19-7-4-14;2*3-2(4,5)1(6)7/h1-8,16-17H,9-13H2;2*(H,6,7)/t16-,17-;;/m1../s1. The summed E-state index contributed by atoms with van der Waals surface area (Å²) in [5.74, 6) is -5.45. The second-order valence-electron chi connectivity index (χ2n) is 7.96. The summed E-state index contributed by atoms with van der Waals surface area (Å²) in [4.78, 5) is 42.7. The molecule has 2 aliphatic rings. The van der Waals surface area contributed by atoms with Crippen molar-refractivity contribution in [2.75, 3.05) is 19.7 Å². The molecule has 0 bridgehead atoms. The van der Waals surface area contributed by atoms with Crippen molar-refractivity contribution in [3.8, 4) is 0 Å². The van der Waals surface area contributed by atoms with Crippen molar-refractivity contribution < 1.29 is 55.7 Å². The Morgan fingerprint density at radius 3 is 1.97 bits per heavy atom. The van der Waals surface area contributed by atoms with E-state index in [0.29, 0.717) is 6.54 Å². The molecule has 0 unspecified atom stereocenters. The zero-order chi connectivity index (χ0) is 28.5. The molecule has 4 heterocycles. The highest BCUT2D eigenvalue weighted by Crippen LogP contribution is 2.26. The van der Waals surface area contributed by atoms with Crippen molar-refractivity contribution in [1.29, 1.82) is 0 Å². The first kappa shape index (κ1) is 30.4. The van der Waals surface area contributed by atoms with Crippen molar-refractivity contribution >= 4 is 17.8 Å². The minimum Gasteiger partial charge on any atom is -0.475 e. The lowest BCUT2D eigenvalue weighted by molar-refractivity contribution is -0.193. The molecule has 0 aliphatic carbocycles. The van der Waals surface area contributed by atoms with E-state index in [0.717, 1.165) is 25.2 Å². The minimum absolute atomic E-state index is 0.0660. The third-order valence-corrected chi connectivity index (χ3v) is 5.17. The van der Waals surface area contributed by atoms with Crippen LogP contribution >= 0.6 is 0 Å². The zero-order valence-corrected chi connectivity index (χ0v) is 19.4. The van der Waals surface area contributed by atoms with Gasteiger partial charge in [-0.3, -0.25) is 19.7 Å². The summed E-state index contributed by atoms with van der Waals surface area (Å²) < 4.78 is 69.3. The number of alkyl halides is 6. The second kappa shape index (κ2) is 13.1. The quantitative estimate of drug-likeness (QED) is 0.549. The molecule has 1 amide bonds. The van der Waals surface area contributed by atoms with E-state index in [1.54, 1.807) is 18.6 Å². The molecular formula is C22H22F6N4O6. The van der Waals surface area contributed by atoms with Crippen LogP contribution in [0, 0.1) is 0 Å². The topological polar surface area (TPSA) is 133 Å². The lowest BCUT2D eigenvalue weighted by atomic mass is 10.1. The van der Waals surface area contributed by atoms with E-state index in [9.17, 15) is 31.1 Å². The Balaban J connectivity index is 0.000000301. The van der Waals surface area contributed by atoms with Gasteiger partial charge in [-0.15, -0.1) is 0 Å². The average molecular weight is 552 g/mol. The second-order valence-corrected chi connectivity index (χ2v) is 7.96. The maximum atomic E-state index is 12.4. The predicted molar refractivity (Wildman–Crippen MR) is 115 cm³/mol. The number of carboxylic acids is 2. The molecule has 38 heavy (non-hydrogen) atoms. The summed E-state index contributed by atoms with van der Waals surface area (Å²) in [7, 11) is 0. The van der Waals surface area contributed by atoms with E-state index in [-0.39, 0.29) is 24.7 Å². The first-order valence-corrected chi connectivity index (χ1v) is 10.7. The molecule has 2 N–H and O–H groups in total. The van der Waals surface area contributed by atoms with Gasteiger partial charge in [0.15, 0.2) is 0 Å². The monoisotopic (exact) mass is 552 g/mol. The summed E-state index contributed by atoms with van der Waals surface area (Å²) in [6.07, 6.45) is -2.88. The number of fused-ring (bicyclic) bond motifs is 1. The van der Waals surface area contributed by atoms with Gasteiger partial charge in [-0.05, 0) is 29.3 Å². The van der Waals surface area contributed by atoms with Crippen molar-refractivity contribution in [2.45, 2.75) is 37.6 Å². The number of hydrogen-bond donors (Lipinski definition) is 2. The summed E-state index contributed by atoms with van der Waals surface area (Å²) in [5.41, 5.74) is 2.29. The van der Waals surface area contributed by atoms with Gasteiger partial charge in [0.05, 0.1) is 12.1 Å². The predicted octanol–water partition coefficient (Wildman–Crippen LogP) is 2.36. The van der Waals surface area contributed by atoms with Crippen LogP contribution in [0.4, 0.5) is 26.3 Å². The Morgan fingerprint density at radius 1 is 0.895 bits per heavy atom. The lowest BCUT2D eigenvalue weighted by Crippen LogP contribution is -2.53. The van der Waals surface area contributed by atoms with Crippen LogP contribution in [-0.4, -0.2) is 92.0 Å². The van der Waals surface area contributed by atoms with E-state index in [2.05, 4.69) is 20.9 Å². The van der Waals surface area contributed by atoms with Gasteiger partial charge in [-0.1, -0.05) is 6.07 Å². The summed E-state index contributed by atoms with van der Waals surface area (Å²) in [6.45, 7) is 3.30. The fourth-order valence-electron chi connectivity index (χ4n) is 3.51. The van der Waals surface area contributed by atoms with Gasteiger partial charge in [0, 0.05) is 51.0 Å². The smallest absolute Gasteiger partial charge is 0.475 e. The highest BCUT2D eigenvalue weighted by molar-refractivity contribution is 5.78. The van der Waals surface area contributed by atoms with Gasteiger partial charge in [-0.25, -0.2) is 9.59 Å². The summed E-state index contributed by atoms with van der Waals surface area (Å²) in [5, 5.41) is 14.2. The fraction of sp³-hybridized carbons (Fsp3) is 0.409. The van der Waals surface area contributed by atoms with Crippen LogP contribution in [0.3, 0.4) is 0 Å². The number of hydrogen-bond acceptors (Lipinski definition) is 7. The maximum Gasteiger partial charge on any atom is 0.490 e. The number of carboxylic acid groups (broad SMARTS) is 2. The molecule has 2 aliphatic heterocycles. The van der Waals surface area contributed by atoms with Gasteiger partial charge >= 0.3 is 24.3 Å². The van der Waals surface area contributed by atoms with E-state index in [1.807, 2.05) is 29.3 Å². The van der Waals surface area contributed by atoms with Crippen LogP contribution in [0.5, 0.6) is 0 Å². The molecular weight excluding hydrogens is 530 g/mol. The number of amides is 1. The SMILES string of the molecule is O=C(O)C(F)(F)F.O=C(O)C(F)(F)F.O=C1CO[C@@H]2CN(Cc3cccnc3)C[C@H]2N1Cc1ccncc1. The highest BCUT2D eigenvalue weighted by atomic mass is 19.4. The van der Waals surface area contributed by atoms with E-state index in [4.69, 9.17) is 24.5 Å². The number of morpholine rings is 1. The number of pyridine rings is 2. The average Bonchev–Trinajstić information content (AvgIpc) is 3.24. The Hall–Kier alpha value is -3.79. The number of carbonyl (C=O) groups excluding carboxylic acids is 1. The summed E-state index contributed by atoms with van der Waals surface area (Å²) in [6, 6.07) is 8.06. The molecule has 10 nitrogen and oxygen atoms in total. The molecule has 2 atom stereocenters. The normalized spacial score (nSPS) is 19.4. The van der Waals surface area contributed by atoms with Crippen LogP contribution in [0.25, 0.3) is 0 Å². The molecule has 0 saturated carbocycles. The van der Waals surface area contributed by atoms with Crippen LogP contribution < -0.4 is 0 Å². The Bertz CT molecular complexity index is 1050. The third-order valence-electron chi connectivity index (χ3n) is 5.17. The number of likely N-dealkylation sites (tertiary alicyclic amines) is 1. The first-order chi connectivity index (χ1) is 17.7. The largest absolute Gasteiger partial charge is 0.490 e. The molecule has 0 radical (unpaired) electrons. The summed E-state index contributed by atoms with van der Waals surface area (Å²) >= 11 is 0. The molecule has 0 aromatic carbocycles. The van der Waals surface area contributed by atoms with Gasteiger partial charge < -0.3 is 19.8 Å². The molecule has 2 saturated heterocycles. The molecule has 16 heteroatoms. The van der Waals surface area contributed by atoms with Crippen molar-refractivity contribution in [2.24, 2.45) is 0 Å². The lowest BCUT2D eigenvalue weighted by Gasteiger charge is -2.36. The minimum atomic E-state index is -5.08. The molecule has 0 spiro atoms. The van der Waals surface area contributed by atoms with E-state index in [1.165, 1.54) is 5.56 Å². The molecule has 2 aromatic heterocycles. The number of aromatic nitrogens is 2. The van der Waals surface area contributed by atoms with Gasteiger partial charge in [0.1, 0.15) is 6.61 Å². The number of carbonyl (C=O) groups is 3. The van der Waals surface area contributed by atoms with Crippen molar-refractivity contribution in [3.63, 3.8) is 0 Å². The number of halogens is 6. The van der Waals surface area contributed by atoms with E-state index < -0.39 is 24.3 Å². The Labute approximate surface area is 211 Å². The van der Waals surface area contributed by atoms with Gasteiger partial charge in [0.2, 0.25) is 5.91 Å². The Morgan fingerprint density at radius 2 is 1.47 bits per heavy atom. The van der Waals surface area contributed by atoms with Crippen molar-refractivity contribution in [3.05, 3.63) is 60.2 Å². The third kappa shape index (κ3) is 9.59. The molecule has 2 aromatic rings. The Kier molecular flexibility index (Phi) is 10.5. The van der Waals surface area contributed by atoms with Gasteiger partial charge in [-0.2, -0.15) is 26.3 Å². The van der Waals surface area contributed by atoms with Crippen molar-refractivity contribution in [1.82, 2.24) is 19.8 Å². The van der Waals surface area contributed by atoms with Crippen LogP contribution in [0.2, 0.25) is 0 Å². The van der Waals surface area contributed by atoms with Crippen LogP contribution in [0.15, 0.2) is 49.1 Å². The number of nitrogens with zero attached hydrogens (tertiary/aromatic N) is 4. The number of rotatable bonds is 4. The van der Waals surface area contributed by atoms with Gasteiger partial charge in [0.25, 0.3) is 0 Å².